The Hall–Kier alpha value is -2.67. The molecule has 1 heterocycles. The number of hydrogen-bond donors (Lipinski definition) is 1. The largest absolute Gasteiger partial charge is 0.494 e. The van der Waals surface area contributed by atoms with Crippen LogP contribution in [-0.4, -0.2) is 36.0 Å². The number of nitrogens with one attached hydrogen (secondary N) is 1. The number of methoxy groups -OCH3 is 1. The Morgan fingerprint density at radius 3 is 2.46 bits per heavy atom. The number of amides is 1. The van der Waals surface area contributed by atoms with E-state index in [0.717, 1.165) is 17.7 Å². The molecule has 2 aromatic rings. The van der Waals surface area contributed by atoms with Crippen molar-refractivity contribution >= 4 is 5.91 Å². The van der Waals surface area contributed by atoms with Gasteiger partial charge in [-0.2, -0.15) is 5.10 Å². The van der Waals surface area contributed by atoms with Crippen molar-refractivity contribution in [2.24, 2.45) is 5.92 Å². The fourth-order valence-corrected chi connectivity index (χ4v) is 2.53. The van der Waals surface area contributed by atoms with Crippen molar-refractivity contribution < 1.29 is 14.3 Å². The third-order valence-electron chi connectivity index (χ3n) is 4.30. The highest BCUT2D eigenvalue weighted by Gasteiger charge is 2.14. The molecule has 0 saturated heterocycles. The monoisotopic (exact) mass is 387 g/mol. The molecule has 0 radical (unpaired) electrons. The summed E-state index contributed by atoms with van der Waals surface area (Å²) in [7, 11) is 1.55. The van der Waals surface area contributed by atoms with Crippen LogP contribution >= 0.6 is 0 Å². The van der Waals surface area contributed by atoms with Crippen molar-refractivity contribution in [3.05, 3.63) is 58.0 Å². The van der Waals surface area contributed by atoms with Crippen molar-refractivity contribution in [2.75, 3.05) is 20.3 Å². The second-order valence-corrected chi connectivity index (χ2v) is 7.07. The average molecular weight is 387 g/mol. The molecule has 7 heteroatoms. The number of carbonyl (C=O) groups is 1. The van der Waals surface area contributed by atoms with Gasteiger partial charge in [0, 0.05) is 13.2 Å². The van der Waals surface area contributed by atoms with Crippen molar-refractivity contribution in [1.29, 1.82) is 0 Å². The lowest BCUT2D eigenvalue weighted by atomic mass is 10.1. The Labute approximate surface area is 165 Å². The molecule has 1 amide bonds. The smallest absolute Gasteiger partial charge is 0.272 e. The number of nitrogens with zero attached hydrogens (tertiary/aromatic N) is 2. The lowest BCUT2D eigenvalue weighted by Crippen LogP contribution is -2.31. The second-order valence-electron chi connectivity index (χ2n) is 7.07. The number of hydrogen-bond acceptors (Lipinski definition) is 5. The number of ether oxygens (including phenoxy) is 2. The van der Waals surface area contributed by atoms with E-state index in [2.05, 4.69) is 24.3 Å². The van der Waals surface area contributed by atoms with E-state index in [-0.39, 0.29) is 23.2 Å². The van der Waals surface area contributed by atoms with E-state index in [0.29, 0.717) is 25.7 Å². The Bertz CT molecular complexity index is 815. The van der Waals surface area contributed by atoms with Crippen molar-refractivity contribution in [1.82, 2.24) is 15.1 Å². The van der Waals surface area contributed by atoms with Gasteiger partial charge in [-0.05, 0) is 43.0 Å². The maximum atomic E-state index is 12.5. The van der Waals surface area contributed by atoms with E-state index in [1.807, 2.05) is 31.2 Å². The molecule has 28 heavy (non-hydrogen) atoms. The number of carbonyl (C=O) groups excluding carboxylic acids is 1. The molecule has 2 rings (SSSR count). The quantitative estimate of drug-likeness (QED) is 0.678. The van der Waals surface area contributed by atoms with Gasteiger partial charge in [-0.25, -0.2) is 4.68 Å². The van der Waals surface area contributed by atoms with Crippen molar-refractivity contribution in [3.8, 4) is 5.75 Å². The number of aromatic nitrogens is 2. The average Bonchev–Trinajstić information content (AvgIpc) is 2.67. The van der Waals surface area contributed by atoms with Crippen LogP contribution in [0, 0.1) is 5.92 Å². The zero-order valence-corrected chi connectivity index (χ0v) is 17.0. The van der Waals surface area contributed by atoms with Crippen LogP contribution < -0.4 is 15.6 Å². The van der Waals surface area contributed by atoms with Crippen LogP contribution in [0.1, 0.15) is 49.3 Å². The fraction of sp³-hybridized carbons (Fsp3) is 0.476. The number of benzene rings is 1. The first kappa shape index (κ1) is 21.6. The molecule has 1 unspecified atom stereocenters. The van der Waals surface area contributed by atoms with Gasteiger partial charge in [-0.1, -0.05) is 26.0 Å². The molecule has 0 aliphatic carbocycles. The van der Waals surface area contributed by atoms with Gasteiger partial charge in [-0.3, -0.25) is 9.59 Å². The number of rotatable bonds is 10. The van der Waals surface area contributed by atoms with E-state index >= 15 is 0 Å². The summed E-state index contributed by atoms with van der Waals surface area (Å²) >= 11 is 0. The van der Waals surface area contributed by atoms with E-state index in [4.69, 9.17) is 9.47 Å². The summed E-state index contributed by atoms with van der Waals surface area (Å²) in [4.78, 5) is 24.3. The zero-order chi connectivity index (χ0) is 20.5. The molecular formula is C21H29N3O4. The van der Waals surface area contributed by atoms with Gasteiger partial charge in [0.15, 0.2) is 0 Å². The normalized spacial score (nSPS) is 12.0. The van der Waals surface area contributed by atoms with Gasteiger partial charge in [0.1, 0.15) is 11.4 Å². The fourth-order valence-electron chi connectivity index (χ4n) is 2.53. The molecule has 0 aliphatic rings. The van der Waals surface area contributed by atoms with Crippen molar-refractivity contribution in [3.63, 3.8) is 0 Å². The summed E-state index contributed by atoms with van der Waals surface area (Å²) in [6, 6.07) is 10.2. The molecule has 1 aromatic carbocycles. The molecule has 0 spiro atoms. The summed E-state index contributed by atoms with van der Waals surface area (Å²) < 4.78 is 11.9. The Kier molecular flexibility index (Phi) is 8.19. The SMILES string of the molecule is COCCn1nc(C(=O)NC(C)c2ccc(OCCC(C)C)cc2)ccc1=O. The molecule has 0 saturated carbocycles. The maximum absolute atomic E-state index is 12.5. The van der Waals surface area contributed by atoms with Gasteiger partial charge in [0.25, 0.3) is 11.5 Å². The van der Waals surface area contributed by atoms with Gasteiger partial charge < -0.3 is 14.8 Å². The molecule has 0 aliphatic heterocycles. The molecular weight excluding hydrogens is 358 g/mol. The summed E-state index contributed by atoms with van der Waals surface area (Å²) in [5.74, 6) is 1.08. The van der Waals surface area contributed by atoms with Crippen LogP contribution in [0.3, 0.4) is 0 Å². The highest BCUT2D eigenvalue weighted by Crippen LogP contribution is 2.18. The van der Waals surface area contributed by atoms with E-state index in [1.54, 1.807) is 7.11 Å². The summed E-state index contributed by atoms with van der Waals surface area (Å²) in [6.07, 6.45) is 1.01. The summed E-state index contributed by atoms with van der Waals surface area (Å²) in [5, 5.41) is 7.01. The van der Waals surface area contributed by atoms with Gasteiger partial charge in [0.2, 0.25) is 0 Å². The molecule has 152 valence electrons. The van der Waals surface area contributed by atoms with Crippen LogP contribution in [0.4, 0.5) is 0 Å². The standard InChI is InChI=1S/C21H29N3O4/c1-15(2)11-13-28-18-7-5-17(6-8-18)16(3)22-21(26)19-9-10-20(25)24(23-19)12-14-27-4/h5-10,15-16H,11-14H2,1-4H3,(H,22,26). The zero-order valence-electron chi connectivity index (χ0n) is 17.0. The first-order chi connectivity index (χ1) is 13.4. The highest BCUT2D eigenvalue weighted by molar-refractivity contribution is 5.92. The van der Waals surface area contributed by atoms with Crippen LogP contribution in [-0.2, 0) is 11.3 Å². The van der Waals surface area contributed by atoms with E-state index in [9.17, 15) is 9.59 Å². The minimum Gasteiger partial charge on any atom is -0.494 e. The third-order valence-corrected chi connectivity index (χ3v) is 4.30. The Morgan fingerprint density at radius 2 is 1.82 bits per heavy atom. The van der Waals surface area contributed by atoms with Crippen LogP contribution in [0.25, 0.3) is 0 Å². The highest BCUT2D eigenvalue weighted by atomic mass is 16.5. The Morgan fingerprint density at radius 1 is 1.11 bits per heavy atom. The van der Waals surface area contributed by atoms with Gasteiger partial charge in [0.05, 0.1) is 25.8 Å². The lowest BCUT2D eigenvalue weighted by Gasteiger charge is -2.15. The van der Waals surface area contributed by atoms with Crippen LogP contribution in [0.5, 0.6) is 5.75 Å². The van der Waals surface area contributed by atoms with Crippen molar-refractivity contribution in [2.45, 2.75) is 39.8 Å². The van der Waals surface area contributed by atoms with Gasteiger partial charge in [-0.15, -0.1) is 0 Å². The first-order valence-corrected chi connectivity index (χ1v) is 9.51. The van der Waals surface area contributed by atoms with E-state index < -0.39 is 0 Å². The minimum atomic E-state index is -0.337. The molecule has 0 bridgehead atoms. The second kappa shape index (κ2) is 10.6. The van der Waals surface area contributed by atoms with E-state index in [1.165, 1.54) is 16.8 Å². The van der Waals surface area contributed by atoms with Crippen LogP contribution in [0.15, 0.2) is 41.2 Å². The molecule has 1 atom stereocenters. The minimum absolute atomic E-state index is 0.191. The Balaban J connectivity index is 1.97. The molecule has 0 fully saturated rings. The summed E-state index contributed by atoms with van der Waals surface area (Å²) in [6.45, 7) is 7.55. The summed E-state index contributed by atoms with van der Waals surface area (Å²) in [5.41, 5.74) is 0.878. The maximum Gasteiger partial charge on any atom is 0.272 e. The van der Waals surface area contributed by atoms with Crippen LogP contribution in [0.2, 0.25) is 0 Å². The first-order valence-electron chi connectivity index (χ1n) is 9.51. The third kappa shape index (κ3) is 6.49. The predicted molar refractivity (Wildman–Crippen MR) is 108 cm³/mol. The molecule has 1 aromatic heterocycles. The topological polar surface area (TPSA) is 82.5 Å². The molecule has 7 nitrogen and oxygen atoms in total. The van der Waals surface area contributed by atoms with Gasteiger partial charge >= 0.3 is 0 Å². The lowest BCUT2D eigenvalue weighted by molar-refractivity contribution is 0.0931. The molecule has 1 N–H and O–H groups in total. The predicted octanol–water partition coefficient (Wildman–Crippen LogP) is 2.81.